The zero-order chi connectivity index (χ0) is 14.9. The van der Waals surface area contributed by atoms with Crippen molar-refractivity contribution in [1.82, 2.24) is 9.97 Å². The molecule has 0 aliphatic carbocycles. The maximum absolute atomic E-state index is 12.3. The summed E-state index contributed by atoms with van der Waals surface area (Å²) < 4.78 is 27.9. The fourth-order valence-corrected chi connectivity index (χ4v) is 4.48. The van der Waals surface area contributed by atoms with E-state index >= 15 is 0 Å². The third kappa shape index (κ3) is 3.82. The van der Waals surface area contributed by atoms with Crippen LogP contribution in [0, 0.1) is 0 Å². The Morgan fingerprint density at radius 2 is 1.80 bits per heavy atom. The van der Waals surface area contributed by atoms with Gasteiger partial charge in [0.15, 0.2) is 0 Å². The molecule has 0 saturated carbocycles. The summed E-state index contributed by atoms with van der Waals surface area (Å²) in [7, 11) is -3.82. The SMILES string of the molecule is O=S(=O)(Nc1cc(Cl)nc(Cl)n1)c1ccc(Br)cc1Br. The van der Waals surface area contributed by atoms with Crippen LogP contribution >= 0.6 is 55.1 Å². The summed E-state index contributed by atoms with van der Waals surface area (Å²) >= 11 is 17.8. The summed E-state index contributed by atoms with van der Waals surface area (Å²) in [6.07, 6.45) is 0. The fraction of sp³-hybridized carbons (Fsp3) is 0. The molecule has 1 aromatic heterocycles. The molecule has 1 aromatic carbocycles. The summed E-state index contributed by atoms with van der Waals surface area (Å²) in [6.45, 7) is 0. The molecule has 0 amide bonds. The van der Waals surface area contributed by atoms with E-state index < -0.39 is 10.0 Å². The molecule has 106 valence electrons. The van der Waals surface area contributed by atoms with Crippen molar-refractivity contribution in [2.45, 2.75) is 4.90 Å². The molecule has 0 atom stereocenters. The summed E-state index contributed by atoms with van der Waals surface area (Å²) in [5.41, 5.74) is 0. The van der Waals surface area contributed by atoms with Gasteiger partial charge in [-0.05, 0) is 45.7 Å². The van der Waals surface area contributed by atoms with E-state index in [1.54, 1.807) is 12.1 Å². The zero-order valence-corrected chi connectivity index (χ0v) is 14.9. The topological polar surface area (TPSA) is 72.0 Å². The number of sulfonamides is 1. The molecule has 0 radical (unpaired) electrons. The zero-order valence-electron chi connectivity index (χ0n) is 9.44. The van der Waals surface area contributed by atoms with Crippen LogP contribution < -0.4 is 4.72 Å². The molecule has 2 aromatic rings. The maximum Gasteiger partial charge on any atom is 0.264 e. The molecule has 2 rings (SSSR count). The molecule has 0 aliphatic rings. The summed E-state index contributed by atoms with van der Waals surface area (Å²) in [6, 6.07) is 5.94. The lowest BCUT2D eigenvalue weighted by Crippen LogP contribution is -2.14. The average Bonchev–Trinajstić information content (AvgIpc) is 2.25. The third-order valence-corrected chi connectivity index (χ3v) is 5.28. The van der Waals surface area contributed by atoms with Gasteiger partial charge in [-0.25, -0.2) is 13.4 Å². The van der Waals surface area contributed by atoms with Crippen LogP contribution in [0.2, 0.25) is 10.4 Å². The number of aromatic nitrogens is 2. The molecular formula is C10H5Br2Cl2N3O2S. The van der Waals surface area contributed by atoms with E-state index in [1.165, 1.54) is 12.1 Å². The van der Waals surface area contributed by atoms with Gasteiger partial charge in [0.05, 0.1) is 0 Å². The van der Waals surface area contributed by atoms with Crippen LogP contribution in [0.5, 0.6) is 0 Å². The van der Waals surface area contributed by atoms with Crippen LogP contribution in [0.3, 0.4) is 0 Å². The predicted molar refractivity (Wildman–Crippen MR) is 84.7 cm³/mol. The first-order chi connectivity index (χ1) is 9.28. The standard InChI is InChI=1S/C10H5Br2Cl2N3O2S/c11-5-1-2-7(6(12)3-5)20(18,19)17-9-4-8(13)15-10(14)16-9/h1-4H,(H,15,16,17). The molecule has 5 nitrogen and oxygen atoms in total. The van der Waals surface area contributed by atoms with Crippen molar-refractivity contribution in [2.24, 2.45) is 0 Å². The smallest absolute Gasteiger partial charge is 0.263 e. The lowest BCUT2D eigenvalue weighted by atomic mass is 10.4. The molecular weight excluding hydrogens is 457 g/mol. The molecule has 0 spiro atoms. The Labute approximate surface area is 142 Å². The largest absolute Gasteiger partial charge is 0.264 e. The highest BCUT2D eigenvalue weighted by Crippen LogP contribution is 2.27. The second kappa shape index (κ2) is 6.15. The molecule has 0 bridgehead atoms. The normalized spacial score (nSPS) is 11.4. The van der Waals surface area contributed by atoms with E-state index in [4.69, 9.17) is 23.2 Å². The fourth-order valence-electron chi connectivity index (χ4n) is 1.33. The van der Waals surface area contributed by atoms with Crippen molar-refractivity contribution in [3.8, 4) is 0 Å². The van der Waals surface area contributed by atoms with E-state index in [9.17, 15) is 8.42 Å². The molecule has 0 fully saturated rings. The monoisotopic (exact) mass is 459 g/mol. The molecule has 10 heteroatoms. The van der Waals surface area contributed by atoms with Crippen molar-refractivity contribution in [3.05, 3.63) is 43.6 Å². The summed E-state index contributed by atoms with van der Waals surface area (Å²) in [4.78, 5) is 7.44. The number of nitrogens with zero attached hydrogens (tertiary/aromatic N) is 2. The summed E-state index contributed by atoms with van der Waals surface area (Å²) in [5, 5.41) is -0.109. The van der Waals surface area contributed by atoms with E-state index in [2.05, 4.69) is 46.5 Å². The number of nitrogens with one attached hydrogen (secondary N) is 1. The third-order valence-electron chi connectivity index (χ3n) is 2.09. The van der Waals surface area contributed by atoms with Crippen LogP contribution in [-0.4, -0.2) is 18.4 Å². The first kappa shape index (κ1) is 16.0. The number of halogens is 4. The Hall–Kier alpha value is -0.410. The Morgan fingerprint density at radius 1 is 1.10 bits per heavy atom. The van der Waals surface area contributed by atoms with Gasteiger partial charge in [-0.2, -0.15) is 4.98 Å². The van der Waals surface area contributed by atoms with Crippen LogP contribution in [0.15, 0.2) is 38.1 Å². The Balaban J connectivity index is 2.40. The van der Waals surface area contributed by atoms with Gasteiger partial charge in [0.1, 0.15) is 15.9 Å². The first-order valence-corrected chi connectivity index (χ1v) is 8.78. The van der Waals surface area contributed by atoms with E-state index in [0.29, 0.717) is 4.47 Å². The van der Waals surface area contributed by atoms with Gasteiger partial charge in [0, 0.05) is 15.0 Å². The minimum Gasteiger partial charge on any atom is -0.263 e. The number of benzene rings is 1. The summed E-state index contributed by atoms with van der Waals surface area (Å²) in [5.74, 6) is -0.00943. The Kier molecular flexibility index (Phi) is 4.91. The van der Waals surface area contributed by atoms with E-state index in [-0.39, 0.29) is 21.2 Å². The molecule has 20 heavy (non-hydrogen) atoms. The van der Waals surface area contributed by atoms with E-state index in [0.717, 1.165) is 4.47 Å². The van der Waals surface area contributed by atoms with Gasteiger partial charge in [-0.3, -0.25) is 4.72 Å². The number of rotatable bonds is 3. The Bertz CT molecular complexity index is 751. The van der Waals surface area contributed by atoms with Crippen molar-refractivity contribution in [1.29, 1.82) is 0 Å². The van der Waals surface area contributed by atoms with Crippen LogP contribution in [-0.2, 0) is 10.0 Å². The molecule has 1 N–H and O–H groups in total. The average molecular weight is 462 g/mol. The highest BCUT2D eigenvalue weighted by molar-refractivity contribution is 9.11. The lowest BCUT2D eigenvalue weighted by molar-refractivity contribution is 0.600. The second-order valence-corrected chi connectivity index (χ2v) is 7.67. The second-order valence-electron chi connectivity index (χ2n) is 3.53. The number of hydrogen-bond acceptors (Lipinski definition) is 4. The molecule has 0 saturated heterocycles. The minimum atomic E-state index is -3.82. The highest BCUT2D eigenvalue weighted by atomic mass is 79.9. The van der Waals surface area contributed by atoms with Crippen LogP contribution in [0.1, 0.15) is 0 Å². The number of anilines is 1. The van der Waals surface area contributed by atoms with Gasteiger partial charge >= 0.3 is 0 Å². The highest BCUT2D eigenvalue weighted by Gasteiger charge is 2.19. The van der Waals surface area contributed by atoms with Gasteiger partial charge in [-0.1, -0.05) is 27.5 Å². The maximum atomic E-state index is 12.3. The van der Waals surface area contributed by atoms with Crippen LogP contribution in [0.4, 0.5) is 5.82 Å². The first-order valence-electron chi connectivity index (χ1n) is 4.96. The van der Waals surface area contributed by atoms with Gasteiger partial charge in [0.25, 0.3) is 10.0 Å². The van der Waals surface area contributed by atoms with Crippen molar-refractivity contribution >= 4 is 70.9 Å². The van der Waals surface area contributed by atoms with Crippen molar-refractivity contribution < 1.29 is 8.42 Å². The molecule has 1 heterocycles. The molecule has 0 aliphatic heterocycles. The lowest BCUT2D eigenvalue weighted by Gasteiger charge is -2.09. The predicted octanol–water partition coefficient (Wildman–Crippen LogP) is 4.11. The van der Waals surface area contributed by atoms with Gasteiger partial charge in [-0.15, -0.1) is 0 Å². The van der Waals surface area contributed by atoms with E-state index in [1.807, 2.05) is 0 Å². The van der Waals surface area contributed by atoms with Crippen molar-refractivity contribution in [3.63, 3.8) is 0 Å². The Morgan fingerprint density at radius 3 is 2.40 bits per heavy atom. The van der Waals surface area contributed by atoms with Gasteiger partial charge < -0.3 is 0 Å². The van der Waals surface area contributed by atoms with Crippen molar-refractivity contribution in [2.75, 3.05) is 4.72 Å². The molecule has 0 unspecified atom stereocenters. The quantitative estimate of drug-likeness (QED) is 0.551. The van der Waals surface area contributed by atoms with Crippen LogP contribution in [0.25, 0.3) is 0 Å². The van der Waals surface area contributed by atoms with Gasteiger partial charge in [0.2, 0.25) is 5.28 Å². The minimum absolute atomic E-state index is 0.00943. The number of hydrogen-bond donors (Lipinski definition) is 1.